The van der Waals surface area contributed by atoms with E-state index < -0.39 is 5.91 Å². The zero-order valence-electron chi connectivity index (χ0n) is 17.1. The number of nitrogens with two attached hydrogens (primary N) is 1. The molecular formula is C25H20N4O3. The van der Waals surface area contributed by atoms with E-state index in [0.29, 0.717) is 17.0 Å². The first kappa shape index (κ1) is 20.7. The monoisotopic (exact) mass is 424 g/mol. The van der Waals surface area contributed by atoms with Gasteiger partial charge in [-0.1, -0.05) is 42.5 Å². The van der Waals surface area contributed by atoms with Gasteiger partial charge in [0.15, 0.2) is 0 Å². The van der Waals surface area contributed by atoms with Gasteiger partial charge in [-0.25, -0.2) is 0 Å². The fraction of sp³-hybridized carbons (Fsp3) is 0.0400. The highest BCUT2D eigenvalue weighted by atomic mass is 16.5. The van der Waals surface area contributed by atoms with Gasteiger partial charge in [0.2, 0.25) is 5.91 Å². The van der Waals surface area contributed by atoms with Crippen LogP contribution in [-0.2, 0) is 6.61 Å². The molecule has 7 nitrogen and oxygen atoms in total. The molecule has 158 valence electrons. The molecule has 0 saturated carbocycles. The second-order valence-corrected chi connectivity index (χ2v) is 7.01. The normalized spacial score (nSPS) is 10.4. The summed E-state index contributed by atoms with van der Waals surface area (Å²) in [5, 5.41) is 2.87. The Balaban J connectivity index is 1.39. The van der Waals surface area contributed by atoms with Crippen LogP contribution in [0.5, 0.6) is 5.75 Å². The third-order valence-corrected chi connectivity index (χ3v) is 4.68. The number of carbonyl (C=O) groups is 2. The standard InChI is InChI=1S/C25H20N4O3/c26-24(30)20-12-22(15-27-13-20)32-16-17-5-4-8-21(11-17)29-25(31)19-9-10-23(28-14-19)18-6-2-1-3-7-18/h1-15H,16H2,(H2,26,30)(H,29,31). The summed E-state index contributed by atoms with van der Waals surface area (Å²) in [4.78, 5) is 32.2. The number of hydrogen-bond acceptors (Lipinski definition) is 5. The Morgan fingerprint density at radius 2 is 1.72 bits per heavy atom. The van der Waals surface area contributed by atoms with Crippen LogP contribution in [0.3, 0.4) is 0 Å². The molecule has 32 heavy (non-hydrogen) atoms. The second-order valence-electron chi connectivity index (χ2n) is 7.01. The van der Waals surface area contributed by atoms with Gasteiger partial charge in [-0.05, 0) is 35.9 Å². The fourth-order valence-electron chi connectivity index (χ4n) is 3.05. The predicted octanol–water partition coefficient (Wildman–Crippen LogP) is 4.07. The van der Waals surface area contributed by atoms with E-state index in [0.717, 1.165) is 16.8 Å². The van der Waals surface area contributed by atoms with Crippen molar-refractivity contribution in [3.63, 3.8) is 0 Å². The largest absolute Gasteiger partial charge is 0.487 e. The molecule has 0 aliphatic rings. The molecule has 0 aliphatic carbocycles. The van der Waals surface area contributed by atoms with Gasteiger partial charge in [-0.3, -0.25) is 19.6 Å². The molecule has 3 N–H and O–H groups in total. The van der Waals surface area contributed by atoms with Gasteiger partial charge >= 0.3 is 0 Å². The quantitative estimate of drug-likeness (QED) is 0.465. The summed E-state index contributed by atoms with van der Waals surface area (Å²) < 4.78 is 5.69. The number of primary amides is 1. The van der Waals surface area contributed by atoms with Gasteiger partial charge in [0.05, 0.1) is 23.0 Å². The number of carbonyl (C=O) groups excluding carboxylic acids is 2. The maximum atomic E-state index is 12.6. The molecule has 0 unspecified atom stereocenters. The summed E-state index contributed by atoms with van der Waals surface area (Å²) >= 11 is 0. The van der Waals surface area contributed by atoms with Crippen LogP contribution in [0.2, 0.25) is 0 Å². The smallest absolute Gasteiger partial charge is 0.257 e. The summed E-state index contributed by atoms with van der Waals surface area (Å²) in [6.07, 6.45) is 4.44. The topological polar surface area (TPSA) is 107 Å². The SMILES string of the molecule is NC(=O)c1cncc(OCc2cccc(NC(=O)c3ccc(-c4ccccc4)nc3)c2)c1. The van der Waals surface area contributed by atoms with Gasteiger partial charge in [0, 0.05) is 23.6 Å². The van der Waals surface area contributed by atoms with Gasteiger partial charge in [0.1, 0.15) is 12.4 Å². The van der Waals surface area contributed by atoms with Crippen molar-refractivity contribution < 1.29 is 14.3 Å². The van der Waals surface area contributed by atoms with Crippen molar-refractivity contribution in [2.75, 3.05) is 5.32 Å². The summed E-state index contributed by atoms with van der Waals surface area (Å²) in [5.41, 5.74) is 9.26. The van der Waals surface area contributed by atoms with Crippen LogP contribution in [0.1, 0.15) is 26.3 Å². The van der Waals surface area contributed by atoms with E-state index in [4.69, 9.17) is 10.5 Å². The molecule has 0 bridgehead atoms. The van der Waals surface area contributed by atoms with Crippen molar-refractivity contribution in [1.82, 2.24) is 9.97 Å². The van der Waals surface area contributed by atoms with Crippen LogP contribution in [0.25, 0.3) is 11.3 Å². The molecule has 4 aromatic rings. The highest BCUT2D eigenvalue weighted by Gasteiger charge is 2.09. The van der Waals surface area contributed by atoms with Crippen LogP contribution in [0.15, 0.2) is 91.4 Å². The number of pyridine rings is 2. The van der Waals surface area contributed by atoms with Crippen LogP contribution < -0.4 is 15.8 Å². The Hall–Kier alpha value is -4.52. The number of anilines is 1. The van der Waals surface area contributed by atoms with Gasteiger partial charge in [-0.2, -0.15) is 0 Å². The molecule has 0 spiro atoms. The molecule has 2 amide bonds. The fourth-order valence-corrected chi connectivity index (χ4v) is 3.05. The van der Waals surface area contributed by atoms with Crippen LogP contribution >= 0.6 is 0 Å². The minimum atomic E-state index is -0.570. The Labute approximate surface area is 184 Å². The molecule has 0 atom stereocenters. The number of aromatic nitrogens is 2. The molecule has 0 aliphatic heterocycles. The molecular weight excluding hydrogens is 404 g/mol. The third-order valence-electron chi connectivity index (χ3n) is 4.68. The van der Waals surface area contributed by atoms with E-state index in [2.05, 4.69) is 15.3 Å². The highest BCUT2D eigenvalue weighted by Crippen LogP contribution is 2.18. The summed E-state index contributed by atoms with van der Waals surface area (Å²) in [7, 11) is 0. The Bertz CT molecular complexity index is 1240. The minimum Gasteiger partial charge on any atom is -0.487 e. The molecule has 2 heterocycles. The van der Waals surface area contributed by atoms with Gasteiger partial charge in [0.25, 0.3) is 5.91 Å². The van der Waals surface area contributed by atoms with Crippen molar-refractivity contribution in [1.29, 1.82) is 0 Å². The second kappa shape index (κ2) is 9.53. The van der Waals surface area contributed by atoms with Gasteiger partial charge < -0.3 is 15.8 Å². The lowest BCUT2D eigenvalue weighted by Crippen LogP contribution is -2.12. The molecule has 7 heteroatoms. The zero-order chi connectivity index (χ0) is 22.3. The lowest BCUT2D eigenvalue weighted by Gasteiger charge is -2.10. The predicted molar refractivity (Wildman–Crippen MR) is 121 cm³/mol. The first-order valence-electron chi connectivity index (χ1n) is 9.88. The maximum absolute atomic E-state index is 12.6. The lowest BCUT2D eigenvalue weighted by atomic mass is 10.1. The number of nitrogens with one attached hydrogen (secondary N) is 1. The van der Waals surface area contributed by atoms with Crippen LogP contribution in [-0.4, -0.2) is 21.8 Å². The number of rotatable bonds is 7. The first-order valence-corrected chi connectivity index (χ1v) is 9.88. The average Bonchev–Trinajstić information content (AvgIpc) is 2.84. The molecule has 0 radical (unpaired) electrons. The summed E-state index contributed by atoms with van der Waals surface area (Å²) in [6, 6.07) is 22.2. The van der Waals surface area contributed by atoms with E-state index in [1.54, 1.807) is 18.3 Å². The third kappa shape index (κ3) is 5.14. The van der Waals surface area contributed by atoms with E-state index in [1.165, 1.54) is 18.5 Å². The summed E-state index contributed by atoms with van der Waals surface area (Å²) in [5.74, 6) is -0.396. The first-order chi connectivity index (χ1) is 15.6. The van der Waals surface area contributed by atoms with Crippen molar-refractivity contribution in [3.05, 3.63) is 108 Å². The number of ether oxygens (including phenoxy) is 1. The average molecular weight is 424 g/mol. The van der Waals surface area contributed by atoms with E-state index in [9.17, 15) is 9.59 Å². The maximum Gasteiger partial charge on any atom is 0.257 e. The number of benzene rings is 2. The van der Waals surface area contributed by atoms with Crippen LogP contribution in [0.4, 0.5) is 5.69 Å². The molecule has 4 rings (SSSR count). The van der Waals surface area contributed by atoms with E-state index >= 15 is 0 Å². The van der Waals surface area contributed by atoms with E-state index in [-0.39, 0.29) is 18.1 Å². The highest BCUT2D eigenvalue weighted by molar-refractivity contribution is 6.04. The number of nitrogens with zero attached hydrogens (tertiary/aromatic N) is 2. The lowest BCUT2D eigenvalue weighted by molar-refractivity contribution is 0.0997. The molecule has 2 aromatic heterocycles. The van der Waals surface area contributed by atoms with Crippen molar-refractivity contribution in [3.8, 4) is 17.0 Å². The molecule has 0 fully saturated rings. The Morgan fingerprint density at radius 3 is 2.47 bits per heavy atom. The Morgan fingerprint density at radius 1 is 0.875 bits per heavy atom. The van der Waals surface area contributed by atoms with Crippen molar-refractivity contribution >= 4 is 17.5 Å². The van der Waals surface area contributed by atoms with Crippen molar-refractivity contribution in [2.24, 2.45) is 5.73 Å². The van der Waals surface area contributed by atoms with Crippen molar-refractivity contribution in [2.45, 2.75) is 6.61 Å². The molecule has 0 saturated heterocycles. The van der Waals surface area contributed by atoms with Crippen LogP contribution in [0, 0.1) is 0 Å². The Kier molecular flexibility index (Phi) is 6.17. The number of hydrogen-bond donors (Lipinski definition) is 2. The minimum absolute atomic E-state index is 0.237. The van der Waals surface area contributed by atoms with Gasteiger partial charge in [-0.15, -0.1) is 0 Å². The van der Waals surface area contributed by atoms with E-state index in [1.807, 2.05) is 54.6 Å². The summed E-state index contributed by atoms with van der Waals surface area (Å²) in [6.45, 7) is 0.237. The molecule has 2 aromatic carbocycles. The number of amides is 2. The zero-order valence-corrected chi connectivity index (χ0v) is 17.1.